The molecule has 0 fully saturated rings. The Labute approximate surface area is 132 Å². The van der Waals surface area contributed by atoms with Crippen LogP contribution in [0.2, 0.25) is 0 Å². The number of amides is 1. The fraction of sp³-hybridized carbons (Fsp3) is 0.308. The first kappa shape index (κ1) is 16.4. The molecule has 2 aromatic rings. The van der Waals surface area contributed by atoms with Crippen LogP contribution < -0.4 is 10.0 Å². The Morgan fingerprint density at radius 3 is 2.59 bits per heavy atom. The molecule has 1 heterocycles. The molecule has 0 radical (unpaired) electrons. The van der Waals surface area contributed by atoms with E-state index in [1.54, 1.807) is 19.1 Å². The predicted octanol–water partition coefficient (Wildman–Crippen LogP) is 2.30. The van der Waals surface area contributed by atoms with Gasteiger partial charge in [0.1, 0.15) is 0 Å². The molecule has 0 aliphatic rings. The maximum Gasteiger partial charge on any atom is 0.291 e. The van der Waals surface area contributed by atoms with Crippen LogP contribution in [-0.4, -0.2) is 24.5 Å². The molecule has 118 valence electrons. The number of carbonyl (C=O) groups is 1. The van der Waals surface area contributed by atoms with Crippen molar-refractivity contribution in [2.75, 3.05) is 10.0 Å². The number of benzene rings is 1. The first-order valence-corrected chi connectivity index (χ1v) is 8.85. The number of aryl methyl sites for hydroxylation is 2. The zero-order chi connectivity index (χ0) is 16.3. The molecule has 7 nitrogen and oxygen atoms in total. The van der Waals surface area contributed by atoms with Crippen molar-refractivity contribution in [1.29, 1.82) is 0 Å². The smallest absolute Gasteiger partial charge is 0.291 e. The van der Waals surface area contributed by atoms with E-state index in [2.05, 4.69) is 20.2 Å². The molecular formula is C13H16N4O3S2. The maximum absolute atomic E-state index is 12.3. The molecule has 2 rings (SSSR count). The van der Waals surface area contributed by atoms with Crippen molar-refractivity contribution >= 4 is 38.1 Å². The number of sulfonamides is 1. The highest BCUT2D eigenvalue weighted by Crippen LogP contribution is 2.23. The lowest BCUT2D eigenvalue weighted by Gasteiger charge is -2.07. The van der Waals surface area contributed by atoms with Gasteiger partial charge < -0.3 is 5.32 Å². The third kappa shape index (κ3) is 3.80. The van der Waals surface area contributed by atoms with E-state index in [-0.39, 0.29) is 21.8 Å². The van der Waals surface area contributed by atoms with Crippen molar-refractivity contribution in [3.63, 3.8) is 0 Å². The van der Waals surface area contributed by atoms with Crippen LogP contribution in [-0.2, 0) is 14.8 Å². The second kappa shape index (κ2) is 6.41. The second-order valence-corrected chi connectivity index (χ2v) is 7.51. The number of nitrogens with one attached hydrogen (secondary N) is 2. The van der Waals surface area contributed by atoms with Crippen LogP contribution in [0.25, 0.3) is 0 Å². The summed E-state index contributed by atoms with van der Waals surface area (Å²) in [5, 5.41) is 9.91. The lowest BCUT2D eigenvalue weighted by Crippen LogP contribution is -2.12. The highest BCUT2D eigenvalue weighted by atomic mass is 32.2. The van der Waals surface area contributed by atoms with Gasteiger partial charge in [0.2, 0.25) is 11.0 Å². The number of carbonyl (C=O) groups excluding carboxylic acids is 1. The summed E-state index contributed by atoms with van der Waals surface area (Å²) >= 11 is 0.805. The van der Waals surface area contributed by atoms with E-state index in [0.717, 1.165) is 22.5 Å². The van der Waals surface area contributed by atoms with E-state index in [1.165, 1.54) is 0 Å². The molecule has 0 atom stereocenters. The summed E-state index contributed by atoms with van der Waals surface area (Å²) in [7, 11) is -3.82. The molecule has 0 saturated carbocycles. The van der Waals surface area contributed by atoms with E-state index in [0.29, 0.717) is 5.69 Å². The molecule has 2 N–H and O–H groups in total. The van der Waals surface area contributed by atoms with Crippen molar-refractivity contribution < 1.29 is 13.2 Å². The topological polar surface area (TPSA) is 101 Å². The Balaban J connectivity index is 2.19. The Bertz CT molecular complexity index is 799. The normalized spacial score (nSPS) is 11.2. The van der Waals surface area contributed by atoms with Gasteiger partial charge in [0, 0.05) is 12.1 Å². The quantitative estimate of drug-likeness (QED) is 0.813. The molecule has 0 bridgehead atoms. The standard InChI is InChI=1S/C13H16N4O3S2/c1-4-11(18)14-12-15-16-13(21-12)22(19,20)17-10-6-5-8(2)9(3)7-10/h5-7,17H,4H2,1-3H3,(H,14,15,18). The van der Waals surface area contributed by atoms with Gasteiger partial charge in [-0.3, -0.25) is 9.52 Å². The lowest BCUT2D eigenvalue weighted by molar-refractivity contribution is -0.115. The van der Waals surface area contributed by atoms with Crippen LogP contribution in [0.3, 0.4) is 0 Å². The van der Waals surface area contributed by atoms with Crippen LogP contribution in [0.1, 0.15) is 24.5 Å². The van der Waals surface area contributed by atoms with Gasteiger partial charge in [-0.15, -0.1) is 10.2 Å². The molecular weight excluding hydrogens is 324 g/mol. The van der Waals surface area contributed by atoms with Gasteiger partial charge >= 0.3 is 0 Å². The van der Waals surface area contributed by atoms with Gasteiger partial charge in [0.15, 0.2) is 0 Å². The summed E-state index contributed by atoms with van der Waals surface area (Å²) in [4.78, 5) is 11.3. The van der Waals surface area contributed by atoms with Gasteiger partial charge in [-0.25, -0.2) is 0 Å². The van der Waals surface area contributed by atoms with Crippen molar-refractivity contribution in [2.24, 2.45) is 0 Å². The van der Waals surface area contributed by atoms with Gasteiger partial charge in [-0.1, -0.05) is 24.3 Å². The molecule has 9 heteroatoms. The monoisotopic (exact) mass is 340 g/mol. The number of anilines is 2. The van der Waals surface area contributed by atoms with E-state index < -0.39 is 10.0 Å². The first-order chi connectivity index (χ1) is 10.3. The number of rotatable bonds is 5. The predicted molar refractivity (Wildman–Crippen MR) is 85.6 cm³/mol. The molecule has 1 aromatic heterocycles. The largest absolute Gasteiger partial charge is 0.301 e. The Morgan fingerprint density at radius 2 is 1.95 bits per heavy atom. The lowest BCUT2D eigenvalue weighted by atomic mass is 10.1. The molecule has 0 spiro atoms. The van der Waals surface area contributed by atoms with Crippen LogP contribution in [0.5, 0.6) is 0 Å². The molecule has 1 aromatic carbocycles. The highest BCUT2D eigenvalue weighted by Gasteiger charge is 2.21. The van der Waals surface area contributed by atoms with Crippen LogP contribution in [0, 0.1) is 13.8 Å². The van der Waals surface area contributed by atoms with Crippen molar-refractivity contribution in [2.45, 2.75) is 31.5 Å². The van der Waals surface area contributed by atoms with E-state index in [9.17, 15) is 13.2 Å². The third-order valence-corrected chi connectivity index (χ3v) is 5.55. The van der Waals surface area contributed by atoms with Crippen LogP contribution in [0.4, 0.5) is 10.8 Å². The van der Waals surface area contributed by atoms with E-state index in [1.807, 2.05) is 19.9 Å². The Hall–Kier alpha value is -2.00. The highest BCUT2D eigenvalue weighted by molar-refractivity contribution is 7.94. The van der Waals surface area contributed by atoms with Gasteiger partial charge in [-0.2, -0.15) is 8.42 Å². The summed E-state index contributed by atoms with van der Waals surface area (Å²) in [6, 6.07) is 5.26. The van der Waals surface area contributed by atoms with Crippen LogP contribution >= 0.6 is 11.3 Å². The fourth-order valence-corrected chi connectivity index (χ4v) is 3.55. The minimum absolute atomic E-state index is 0.160. The van der Waals surface area contributed by atoms with Crippen molar-refractivity contribution in [3.8, 4) is 0 Å². The third-order valence-electron chi connectivity index (χ3n) is 2.96. The SMILES string of the molecule is CCC(=O)Nc1nnc(S(=O)(=O)Nc2ccc(C)c(C)c2)s1. The minimum atomic E-state index is -3.82. The van der Waals surface area contributed by atoms with E-state index in [4.69, 9.17) is 0 Å². The summed E-state index contributed by atoms with van der Waals surface area (Å²) in [6.07, 6.45) is 0.280. The molecule has 1 amide bonds. The Morgan fingerprint density at radius 1 is 1.23 bits per heavy atom. The van der Waals surface area contributed by atoms with Crippen molar-refractivity contribution in [1.82, 2.24) is 10.2 Å². The molecule has 0 unspecified atom stereocenters. The summed E-state index contributed by atoms with van der Waals surface area (Å²) in [5.74, 6) is -0.248. The zero-order valence-electron chi connectivity index (χ0n) is 12.4. The molecule has 0 saturated heterocycles. The summed E-state index contributed by atoms with van der Waals surface area (Å²) in [5.41, 5.74) is 2.51. The average molecular weight is 340 g/mol. The van der Waals surface area contributed by atoms with E-state index >= 15 is 0 Å². The maximum atomic E-state index is 12.3. The van der Waals surface area contributed by atoms with Gasteiger partial charge in [-0.05, 0) is 37.1 Å². The second-order valence-electron chi connectivity index (χ2n) is 4.68. The first-order valence-electron chi connectivity index (χ1n) is 6.55. The number of aromatic nitrogens is 2. The van der Waals surface area contributed by atoms with Gasteiger partial charge in [0.25, 0.3) is 14.4 Å². The van der Waals surface area contributed by atoms with Gasteiger partial charge in [0.05, 0.1) is 0 Å². The minimum Gasteiger partial charge on any atom is -0.301 e. The summed E-state index contributed by atoms with van der Waals surface area (Å²) < 4.78 is 26.8. The Kier molecular flexibility index (Phi) is 4.77. The van der Waals surface area contributed by atoms with Crippen LogP contribution in [0.15, 0.2) is 22.5 Å². The number of hydrogen-bond acceptors (Lipinski definition) is 6. The molecule has 0 aliphatic carbocycles. The average Bonchev–Trinajstić information content (AvgIpc) is 2.92. The fourth-order valence-electron chi connectivity index (χ4n) is 1.58. The number of nitrogens with zero attached hydrogens (tertiary/aromatic N) is 2. The summed E-state index contributed by atoms with van der Waals surface area (Å²) in [6.45, 7) is 5.53. The zero-order valence-corrected chi connectivity index (χ0v) is 14.0. The number of hydrogen-bond donors (Lipinski definition) is 2. The van der Waals surface area contributed by atoms with Crippen molar-refractivity contribution in [3.05, 3.63) is 29.3 Å². The molecule has 0 aliphatic heterocycles. The molecule has 22 heavy (non-hydrogen) atoms.